The van der Waals surface area contributed by atoms with Crippen LogP contribution in [-0.2, 0) is 9.53 Å². The highest BCUT2D eigenvalue weighted by molar-refractivity contribution is 5.81. The van der Waals surface area contributed by atoms with Gasteiger partial charge in [-0.15, -0.1) is 0 Å². The molecule has 3 heteroatoms. The molecule has 0 radical (unpaired) electrons. The van der Waals surface area contributed by atoms with E-state index in [2.05, 4.69) is 19.6 Å². The first-order valence-corrected chi connectivity index (χ1v) is 5.43. The zero-order chi connectivity index (χ0) is 11.5. The smallest absolute Gasteiger partial charge is 0.330 e. The minimum absolute atomic E-state index is 0.175. The largest absolute Gasteiger partial charge is 0.461 e. The molecule has 0 fully saturated rings. The second-order valence-electron chi connectivity index (χ2n) is 3.51. The zero-order valence-corrected chi connectivity index (χ0v) is 9.37. The number of nitriles is 1. The van der Waals surface area contributed by atoms with Crippen LogP contribution in [-0.4, -0.2) is 12.6 Å². The summed E-state index contributed by atoms with van der Waals surface area (Å²) in [7, 11) is 0. The average Bonchev–Trinajstić information content (AvgIpc) is 2.27. The van der Waals surface area contributed by atoms with E-state index >= 15 is 0 Å². The monoisotopic (exact) mass is 209 g/mol. The number of carbonyl (C=O) groups excluding carboxylic acids is 1. The fraction of sp³-hybridized carbons (Fsp3) is 0.667. The second-order valence-corrected chi connectivity index (χ2v) is 3.51. The summed E-state index contributed by atoms with van der Waals surface area (Å²) in [6, 6.07) is 2.15. The van der Waals surface area contributed by atoms with Gasteiger partial charge in [0.05, 0.1) is 12.0 Å². The normalized spacial score (nSPS) is 11.5. The number of rotatable bonds is 8. The fourth-order valence-electron chi connectivity index (χ4n) is 1.24. The zero-order valence-electron chi connectivity index (χ0n) is 9.37. The molecular weight excluding hydrogens is 190 g/mol. The van der Waals surface area contributed by atoms with Gasteiger partial charge in [0.25, 0.3) is 0 Å². The highest BCUT2D eigenvalue weighted by atomic mass is 16.5. The quantitative estimate of drug-likeness (QED) is 0.351. The molecule has 0 saturated carbocycles. The Hall–Kier alpha value is -1.30. The first-order valence-electron chi connectivity index (χ1n) is 5.43. The van der Waals surface area contributed by atoms with E-state index in [1.54, 1.807) is 0 Å². The van der Waals surface area contributed by atoms with Gasteiger partial charge >= 0.3 is 5.97 Å². The van der Waals surface area contributed by atoms with E-state index < -0.39 is 5.97 Å². The van der Waals surface area contributed by atoms with Crippen molar-refractivity contribution >= 4 is 5.97 Å². The summed E-state index contributed by atoms with van der Waals surface area (Å²) in [5.41, 5.74) is 0. The number of esters is 1. The molecule has 0 saturated heterocycles. The highest BCUT2D eigenvalue weighted by Crippen LogP contribution is 2.10. The van der Waals surface area contributed by atoms with Gasteiger partial charge in [-0.05, 0) is 6.42 Å². The van der Waals surface area contributed by atoms with Gasteiger partial charge in [0.2, 0.25) is 0 Å². The van der Waals surface area contributed by atoms with Crippen LogP contribution in [0.3, 0.4) is 0 Å². The Morgan fingerprint density at radius 3 is 2.80 bits per heavy atom. The van der Waals surface area contributed by atoms with E-state index in [1.807, 2.05) is 0 Å². The molecule has 0 amide bonds. The molecule has 84 valence electrons. The van der Waals surface area contributed by atoms with Crippen molar-refractivity contribution in [1.29, 1.82) is 5.26 Å². The number of nitrogens with zero attached hydrogens (tertiary/aromatic N) is 1. The van der Waals surface area contributed by atoms with Crippen molar-refractivity contribution in [3.8, 4) is 6.07 Å². The van der Waals surface area contributed by atoms with E-state index in [0.29, 0.717) is 0 Å². The minimum atomic E-state index is -0.455. The standard InChI is InChI=1S/C12H19NO2/c1-3-5-6-7-8-11(9-13)10-15-12(14)4-2/h4,11H,2-3,5-8,10H2,1H3. The summed E-state index contributed by atoms with van der Waals surface area (Å²) < 4.78 is 4.82. The van der Waals surface area contributed by atoms with Crippen molar-refractivity contribution in [2.75, 3.05) is 6.61 Å². The highest BCUT2D eigenvalue weighted by Gasteiger charge is 2.09. The van der Waals surface area contributed by atoms with Crippen molar-refractivity contribution in [1.82, 2.24) is 0 Å². The summed E-state index contributed by atoms with van der Waals surface area (Å²) in [4.78, 5) is 10.8. The van der Waals surface area contributed by atoms with Crippen molar-refractivity contribution in [3.05, 3.63) is 12.7 Å². The van der Waals surface area contributed by atoms with E-state index in [9.17, 15) is 4.79 Å². The first-order chi connectivity index (χ1) is 7.24. The Labute approximate surface area is 91.7 Å². The van der Waals surface area contributed by atoms with Gasteiger partial charge in [-0.2, -0.15) is 5.26 Å². The molecule has 0 rings (SSSR count). The molecule has 0 N–H and O–H groups in total. The Kier molecular flexibility index (Phi) is 8.46. The molecule has 15 heavy (non-hydrogen) atoms. The van der Waals surface area contributed by atoms with E-state index in [1.165, 1.54) is 12.8 Å². The Balaban J connectivity index is 3.60. The molecule has 1 atom stereocenters. The lowest BCUT2D eigenvalue weighted by molar-refractivity contribution is -0.138. The third-order valence-electron chi connectivity index (χ3n) is 2.18. The van der Waals surface area contributed by atoms with Gasteiger partial charge < -0.3 is 4.74 Å². The van der Waals surface area contributed by atoms with Crippen molar-refractivity contribution < 1.29 is 9.53 Å². The van der Waals surface area contributed by atoms with Gasteiger partial charge in [-0.1, -0.05) is 39.2 Å². The van der Waals surface area contributed by atoms with Crippen LogP contribution in [0.5, 0.6) is 0 Å². The van der Waals surface area contributed by atoms with Crippen LogP contribution in [0.15, 0.2) is 12.7 Å². The van der Waals surface area contributed by atoms with Crippen molar-refractivity contribution in [3.63, 3.8) is 0 Å². The molecule has 0 aliphatic heterocycles. The van der Waals surface area contributed by atoms with Gasteiger partial charge in [0.15, 0.2) is 0 Å². The molecule has 0 aromatic carbocycles. The summed E-state index contributed by atoms with van der Waals surface area (Å²) >= 11 is 0. The number of hydrogen-bond donors (Lipinski definition) is 0. The van der Waals surface area contributed by atoms with Gasteiger partial charge in [-0.3, -0.25) is 0 Å². The van der Waals surface area contributed by atoms with Crippen LogP contribution in [0.4, 0.5) is 0 Å². The fourth-order valence-corrected chi connectivity index (χ4v) is 1.24. The predicted molar refractivity (Wildman–Crippen MR) is 59.0 cm³/mol. The van der Waals surface area contributed by atoms with Crippen molar-refractivity contribution in [2.24, 2.45) is 5.92 Å². The topological polar surface area (TPSA) is 50.1 Å². The minimum Gasteiger partial charge on any atom is -0.461 e. The van der Waals surface area contributed by atoms with Gasteiger partial charge in [0.1, 0.15) is 6.61 Å². The molecule has 0 aliphatic carbocycles. The lowest BCUT2D eigenvalue weighted by Crippen LogP contribution is -2.11. The van der Waals surface area contributed by atoms with Crippen LogP contribution in [0.25, 0.3) is 0 Å². The van der Waals surface area contributed by atoms with Crippen LogP contribution >= 0.6 is 0 Å². The summed E-state index contributed by atoms with van der Waals surface area (Å²) in [5, 5.41) is 8.80. The third-order valence-corrected chi connectivity index (χ3v) is 2.18. The number of unbranched alkanes of at least 4 members (excludes halogenated alkanes) is 3. The van der Waals surface area contributed by atoms with Crippen LogP contribution in [0, 0.1) is 17.2 Å². The SMILES string of the molecule is C=CC(=O)OCC(C#N)CCCCCC. The average molecular weight is 209 g/mol. The maximum atomic E-state index is 10.8. The lowest BCUT2D eigenvalue weighted by atomic mass is 10.0. The predicted octanol–water partition coefficient (Wildman–Crippen LogP) is 2.83. The Bertz CT molecular complexity index is 230. The molecule has 0 aliphatic rings. The molecule has 1 unspecified atom stereocenters. The molecule has 0 heterocycles. The maximum Gasteiger partial charge on any atom is 0.330 e. The maximum absolute atomic E-state index is 10.8. The van der Waals surface area contributed by atoms with Crippen LogP contribution in [0.2, 0.25) is 0 Å². The summed E-state index contributed by atoms with van der Waals surface area (Å²) in [5.74, 6) is -0.630. The molecule has 3 nitrogen and oxygen atoms in total. The van der Waals surface area contributed by atoms with Crippen molar-refractivity contribution in [2.45, 2.75) is 39.0 Å². The Morgan fingerprint density at radius 2 is 2.27 bits per heavy atom. The molecular formula is C12H19NO2. The number of hydrogen-bond acceptors (Lipinski definition) is 3. The molecule has 0 spiro atoms. The second kappa shape index (κ2) is 9.26. The number of ether oxygens (including phenoxy) is 1. The van der Waals surface area contributed by atoms with E-state index in [-0.39, 0.29) is 12.5 Å². The number of carbonyl (C=O) groups is 1. The summed E-state index contributed by atoms with van der Waals surface area (Å²) in [6.07, 6.45) is 6.47. The van der Waals surface area contributed by atoms with Crippen LogP contribution in [0.1, 0.15) is 39.0 Å². The summed E-state index contributed by atoms with van der Waals surface area (Å²) in [6.45, 7) is 5.63. The Morgan fingerprint density at radius 1 is 1.53 bits per heavy atom. The molecule has 0 bridgehead atoms. The van der Waals surface area contributed by atoms with E-state index in [0.717, 1.165) is 25.3 Å². The molecule has 0 aromatic rings. The third kappa shape index (κ3) is 7.75. The van der Waals surface area contributed by atoms with E-state index in [4.69, 9.17) is 10.00 Å². The first kappa shape index (κ1) is 13.7. The molecule has 0 aromatic heterocycles. The van der Waals surface area contributed by atoms with Gasteiger partial charge in [0, 0.05) is 6.08 Å². The lowest BCUT2D eigenvalue weighted by Gasteiger charge is -2.08. The van der Waals surface area contributed by atoms with Crippen LogP contribution < -0.4 is 0 Å². The van der Waals surface area contributed by atoms with Gasteiger partial charge in [-0.25, -0.2) is 4.79 Å².